The minimum absolute atomic E-state index is 0.0747. The normalized spacial score (nSPS) is 27.2. The van der Waals surface area contributed by atoms with E-state index >= 15 is 0 Å². The molecule has 0 aromatic rings. The van der Waals surface area contributed by atoms with Crippen LogP contribution in [-0.2, 0) is 9.53 Å². The smallest absolute Gasteiger partial charge is 0.251 e. The van der Waals surface area contributed by atoms with Gasteiger partial charge < -0.3 is 10.1 Å². The second kappa shape index (κ2) is 4.23. The van der Waals surface area contributed by atoms with Crippen LogP contribution in [0.5, 0.6) is 0 Å². The Kier molecular flexibility index (Phi) is 3.25. The molecule has 1 aliphatic rings. The van der Waals surface area contributed by atoms with Gasteiger partial charge in [-0.25, -0.2) is 0 Å². The maximum Gasteiger partial charge on any atom is 0.251 e. The van der Waals surface area contributed by atoms with Crippen molar-refractivity contribution < 1.29 is 9.53 Å². The minimum atomic E-state index is -0.311. The van der Waals surface area contributed by atoms with E-state index in [1.54, 1.807) is 14.2 Å². The van der Waals surface area contributed by atoms with Crippen LogP contribution in [0.2, 0.25) is 0 Å². The lowest BCUT2D eigenvalue weighted by atomic mass is 10.1. The van der Waals surface area contributed by atoms with Crippen LogP contribution in [0, 0.1) is 0 Å². The van der Waals surface area contributed by atoms with Gasteiger partial charge in [-0.3, -0.25) is 15.1 Å². The molecule has 2 atom stereocenters. The Balaban J connectivity index is 2.66. The Bertz CT molecular complexity index is 223. The molecule has 1 saturated heterocycles. The lowest BCUT2D eigenvalue weighted by molar-refractivity contribution is -0.123. The summed E-state index contributed by atoms with van der Waals surface area (Å²) < 4.78 is 5.17. The van der Waals surface area contributed by atoms with E-state index in [1.165, 1.54) is 0 Å². The highest BCUT2D eigenvalue weighted by molar-refractivity contribution is 6.06. The molecule has 0 aromatic carbocycles. The number of carbonyl (C=O) groups excluding carboxylic acids is 1. The number of rotatable bonds is 3. The first-order valence-corrected chi connectivity index (χ1v) is 4.29. The lowest BCUT2D eigenvalue weighted by Gasteiger charge is -2.17. The number of amides is 1. The zero-order valence-electron chi connectivity index (χ0n) is 8.13. The van der Waals surface area contributed by atoms with Gasteiger partial charge in [0.2, 0.25) is 0 Å². The van der Waals surface area contributed by atoms with Gasteiger partial charge in [0.25, 0.3) is 5.91 Å². The van der Waals surface area contributed by atoms with Crippen molar-refractivity contribution >= 4 is 11.9 Å². The molecule has 5 heteroatoms. The van der Waals surface area contributed by atoms with E-state index in [0.717, 1.165) is 6.42 Å². The summed E-state index contributed by atoms with van der Waals surface area (Å²) in [5.74, 6) is 0.444. The number of aliphatic imine (C=N–C) groups is 1. The second-order valence-corrected chi connectivity index (χ2v) is 2.87. The molecule has 5 nitrogen and oxygen atoms in total. The van der Waals surface area contributed by atoms with Gasteiger partial charge in [0, 0.05) is 14.2 Å². The molecule has 0 saturated carbocycles. The topological polar surface area (TPSA) is 62.7 Å². The number of carbonyl (C=O) groups is 1. The molecule has 1 fully saturated rings. The van der Waals surface area contributed by atoms with Crippen LogP contribution in [0.3, 0.4) is 0 Å². The third-order valence-electron chi connectivity index (χ3n) is 2.12. The van der Waals surface area contributed by atoms with E-state index in [0.29, 0.717) is 5.96 Å². The Hall–Kier alpha value is -1.10. The SMILES string of the molecule is CCC(OC)C1NC(=NC)NC1=O. The molecular weight excluding hydrogens is 170 g/mol. The molecule has 0 aromatic heterocycles. The maximum absolute atomic E-state index is 11.4. The van der Waals surface area contributed by atoms with Crippen LogP contribution in [-0.4, -0.2) is 38.2 Å². The molecule has 0 radical (unpaired) electrons. The first-order chi connectivity index (χ1) is 6.22. The fourth-order valence-electron chi connectivity index (χ4n) is 1.36. The highest BCUT2D eigenvalue weighted by Crippen LogP contribution is 2.06. The zero-order valence-corrected chi connectivity index (χ0v) is 8.13. The van der Waals surface area contributed by atoms with Crippen molar-refractivity contribution in [1.82, 2.24) is 10.6 Å². The van der Waals surface area contributed by atoms with Crippen LogP contribution in [0.15, 0.2) is 4.99 Å². The number of hydrogen-bond donors (Lipinski definition) is 2. The van der Waals surface area contributed by atoms with E-state index in [1.807, 2.05) is 6.92 Å². The molecule has 0 bridgehead atoms. The predicted molar refractivity (Wildman–Crippen MR) is 49.5 cm³/mol. The van der Waals surface area contributed by atoms with Crippen molar-refractivity contribution in [3.8, 4) is 0 Å². The van der Waals surface area contributed by atoms with Gasteiger partial charge >= 0.3 is 0 Å². The summed E-state index contributed by atoms with van der Waals surface area (Å²) in [4.78, 5) is 15.2. The average Bonchev–Trinajstić information content (AvgIpc) is 2.50. The molecule has 1 rings (SSSR count). The molecular formula is C8H15N3O2. The number of ether oxygens (including phenoxy) is 1. The zero-order chi connectivity index (χ0) is 9.84. The molecule has 2 unspecified atom stereocenters. The van der Waals surface area contributed by atoms with Gasteiger partial charge in [-0.2, -0.15) is 0 Å². The lowest BCUT2D eigenvalue weighted by Crippen LogP contribution is -2.41. The summed E-state index contributed by atoms with van der Waals surface area (Å²) in [6.45, 7) is 1.98. The van der Waals surface area contributed by atoms with E-state index in [4.69, 9.17) is 4.74 Å². The van der Waals surface area contributed by atoms with Crippen LogP contribution in [0.25, 0.3) is 0 Å². The van der Waals surface area contributed by atoms with Crippen molar-refractivity contribution in [1.29, 1.82) is 0 Å². The molecule has 13 heavy (non-hydrogen) atoms. The van der Waals surface area contributed by atoms with Crippen molar-refractivity contribution in [2.24, 2.45) is 4.99 Å². The monoisotopic (exact) mass is 185 g/mol. The second-order valence-electron chi connectivity index (χ2n) is 2.87. The highest BCUT2D eigenvalue weighted by atomic mass is 16.5. The molecule has 2 N–H and O–H groups in total. The van der Waals surface area contributed by atoms with Gasteiger partial charge in [0.05, 0.1) is 6.10 Å². The summed E-state index contributed by atoms with van der Waals surface area (Å²) in [7, 11) is 3.23. The fourth-order valence-corrected chi connectivity index (χ4v) is 1.36. The van der Waals surface area contributed by atoms with Gasteiger partial charge in [0.15, 0.2) is 5.96 Å². The first kappa shape index (κ1) is 9.98. The number of methoxy groups -OCH3 is 1. The van der Waals surface area contributed by atoms with E-state index in [2.05, 4.69) is 15.6 Å². The summed E-state index contributed by atoms with van der Waals surface area (Å²) in [5, 5.41) is 5.58. The Morgan fingerprint density at radius 2 is 2.38 bits per heavy atom. The van der Waals surface area contributed by atoms with Crippen LogP contribution in [0.4, 0.5) is 0 Å². The molecule has 1 amide bonds. The maximum atomic E-state index is 11.4. The summed E-state index contributed by atoms with van der Waals surface area (Å²) in [5.41, 5.74) is 0. The molecule has 1 aliphatic heterocycles. The molecule has 1 heterocycles. The summed E-state index contributed by atoms with van der Waals surface area (Å²) >= 11 is 0. The molecule has 74 valence electrons. The average molecular weight is 185 g/mol. The summed E-state index contributed by atoms with van der Waals surface area (Å²) in [6.07, 6.45) is 0.692. The quantitative estimate of drug-likeness (QED) is 0.622. The largest absolute Gasteiger partial charge is 0.379 e. The van der Waals surface area contributed by atoms with Gasteiger partial charge in [0.1, 0.15) is 6.04 Å². The molecule has 0 spiro atoms. The van der Waals surface area contributed by atoms with Gasteiger partial charge in [-0.05, 0) is 6.42 Å². The van der Waals surface area contributed by atoms with Crippen molar-refractivity contribution in [3.05, 3.63) is 0 Å². The Labute approximate surface area is 77.6 Å². The first-order valence-electron chi connectivity index (χ1n) is 4.29. The van der Waals surface area contributed by atoms with Crippen molar-refractivity contribution in [2.45, 2.75) is 25.5 Å². The van der Waals surface area contributed by atoms with Crippen LogP contribution < -0.4 is 10.6 Å². The highest BCUT2D eigenvalue weighted by Gasteiger charge is 2.33. The third-order valence-corrected chi connectivity index (χ3v) is 2.12. The van der Waals surface area contributed by atoms with E-state index in [9.17, 15) is 4.79 Å². The Morgan fingerprint density at radius 1 is 1.69 bits per heavy atom. The molecule has 0 aliphatic carbocycles. The number of nitrogens with zero attached hydrogens (tertiary/aromatic N) is 1. The predicted octanol–water partition coefficient (Wildman–Crippen LogP) is -0.515. The Morgan fingerprint density at radius 3 is 2.77 bits per heavy atom. The van der Waals surface area contributed by atoms with Crippen LogP contribution in [0.1, 0.15) is 13.3 Å². The van der Waals surface area contributed by atoms with Gasteiger partial charge in [-0.15, -0.1) is 0 Å². The van der Waals surface area contributed by atoms with Crippen molar-refractivity contribution in [2.75, 3.05) is 14.2 Å². The minimum Gasteiger partial charge on any atom is -0.379 e. The number of guanidine groups is 1. The number of nitrogens with one attached hydrogen (secondary N) is 2. The van der Waals surface area contributed by atoms with Gasteiger partial charge in [-0.1, -0.05) is 6.92 Å². The third kappa shape index (κ3) is 1.98. The standard InChI is InChI=1S/C8H15N3O2/c1-4-5(13-3)6-7(12)11-8(9-2)10-6/h5-6H,4H2,1-3H3,(H2,9,10,11,12). The van der Waals surface area contributed by atoms with Crippen LogP contribution >= 0.6 is 0 Å². The fraction of sp³-hybridized carbons (Fsp3) is 0.750. The van der Waals surface area contributed by atoms with E-state index < -0.39 is 0 Å². The van der Waals surface area contributed by atoms with E-state index in [-0.39, 0.29) is 18.1 Å². The summed E-state index contributed by atoms with van der Waals surface area (Å²) in [6, 6.07) is -0.311. The number of hydrogen-bond acceptors (Lipinski definition) is 3. The van der Waals surface area contributed by atoms with Crippen molar-refractivity contribution in [3.63, 3.8) is 0 Å².